The second-order valence-electron chi connectivity index (χ2n) is 5.98. The van der Waals surface area contributed by atoms with Gasteiger partial charge >= 0.3 is 0 Å². The van der Waals surface area contributed by atoms with Crippen LogP contribution >= 0.6 is 0 Å². The van der Waals surface area contributed by atoms with E-state index in [0.717, 1.165) is 17.8 Å². The molecule has 0 bridgehead atoms. The number of likely N-dealkylation sites (N-methyl/N-ethyl adjacent to an activating group) is 2. The molecule has 1 rings (SSSR count). The summed E-state index contributed by atoms with van der Waals surface area (Å²) >= 11 is 0. The summed E-state index contributed by atoms with van der Waals surface area (Å²) in [4.78, 5) is 13.7. The van der Waals surface area contributed by atoms with Gasteiger partial charge in [0, 0.05) is 12.7 Å². The highest BCUT2D eigenvalue weighted by Gasteiger charge is 2.17. The first kappa shape index (κ1) is 15.7. The summed E-state index contributed by atoms with van der Waals surface area (Å²) in [6.45, 7) is 11.8. The first-order chi connectivity index (χ1) is 8.77. The Morgan fingerprint density at radius 3 is 2.42 bits per heavy atom. The van der Waals surface area contributed by atoms with Crippen LogP contribution in [0.25, 0.3) is 0 Å². The standard InChI is InChI=1S/C16H26N2O/c1-7-17-11-15(19)18(6)14-9-8-13(10-12(14)2)16(3,4)5/h8-10,17H,7,11H2,1-6H3. The maximum Gasteiger partial charge on any atom is 0.240 e. The van der Waals surface area contributed by atoms with E-state index in [4.69, 9.17) is 0 Å². The fourth-order valence-corrected chi connectivity index (χ4v) is 1.98. The van der Waals surface area contributed by atoms with E-state index < -0.39 is 0 Å². The Labute approximate surface area is 117 Å². The van der Waals surface area contributed by atoms with Gasteiger partial charge in [-0.1, -0.05) is 39.8 Å². The molecule has 19 heavy (non-hydrogen) atoms. The third kappa shape index (κ3) is 4.06. The zero-order chi connectivity index (χ0) is 14.6. The lowest BCUT2D eigenvalue weighted by atomic mass is 9.86. The average Bonchev–Trinajstić information content (AvgIpc) is 2.33. The average molecular weight is 262 g/mol. The Bertz CT molecular complexity index is 447. The number of aryl methyl sites for hydroxylation is 1. The second-order valence-corrected chi connectivity index (χ2v) is 5.98. The number of carbonyl (C=O) groups is 1. The fourth-order valence-electron chi connectivity index (χ4n) is 1.98. The lowest BCUT2D eigenvalue weighted by Gasteiger charge is -2.24. The molecule has 0 aliphatic carbocycles. The van der Waals surface area contributed by atoms with Gasteiger partial charge in [0.1, 0.15) is 0 Å². The van der Waals surface area contributed by atoms with Crippen LogP contribution in [-0.2, 0) is 10.2 Å². The van der Waals surface area contributed by atoms with Crippen molar-refractivity contribution >= 4 is 11.6 Å². The van der Waals surface area contributed by atoms with Gasteiger partial charge in [0.2, 0.25) is 5.91 Å². The number of amides is 1. The fraction of sp³-hybridized carbons (Fsp3) is 0.562. The van der Waals surface area contributed by atoms with Gasteiger partial charge in [-0.3, -0.25) is 4.79 Å². The van der Waals surface area contributed by atoms with Crippen LogP contribution in [-0.4, -0.2) is 26.0 Å². The third-order valence-corrected chi connectivity index (χ3v) is 3.32. The van der Waals surface area contributed by atoms with Crippen molar-refractivity contribution in [1.29, 1.82) is 0 Å². The van der Waals surface area contributed by atoms with E-state index in [1.54, 1.807) is 4.90 Å². The Morgan fingerprint density at radius 2 is 1.95 bits per heavy atom. The molecule has 1 amide bonds. The molecular weight excluding hydrogens is 236 g/mol. The highest BCUT2D eigenvalue weighted by molar-refractivity contribution is 5.95. The third-order valence-electron chi connectivity index (χ3n) is 3.32. The summed E-state index contributed by atoms with van der Waals surface area (Å²) in [6, 6.07) is 6.32. The number of carbonyl (C=O) groups excluding carboxylic acids is 1. The van der Waals surface area contributed by atoms with Gasteiger partial charge in [0.25, 0.3) is 0 Å². The van der Waals surface area contributed by atoms with Crippen molar-refractivity contribution in [3.8, 4) is 0 Å². The smallest absolute Gasteiger partial charge is 0.240 e. The molecule has 0 aromatic heterocycles. The summed E-state index contributed by atoms with van der Waals surface area (Å²) in [7, 11) is 1.83. The maximum atomic E-state index is 12.0. The largest absolute Gasteiger partial charge is 0.314 e. The lowest BCUT2D eigenvalue weighted by Crippen LogP contribution is -2.35. The molecule has 0 fully saturated rings. The number of nitrogens with zero attached hydrogens (tertiary/aromatic N) is 1. The van der Waals surface area contributed by atoms with E-state index in [0.29, 0.717) is 6.54 Å². The molecule has 0 atom stereocenters. The molecule has 0 saturated carbocycles. The Hall–Kier alpha value is -1.35. The zero-order valence-corrected chi connectivity index (χ0v) is 13.0. The van der Waals surface area contributed by atoms with Crippen LogP contribution in [0.5, 0.6) is 0 Å². The monoisotopic (exact) mass is 262 g/mol. The van der Waals surface area contributed by atoms with Crippen molar-refractivity contribution in [3.05, 3.63) is 29.3 Å². The summed E-state index contributed by atoms with van der Waals surface area (Å²) in [5, 5.41) is 3.06. The van der Waals surface area contributed by atoms with Crippen molar-refractivity contribution < 1.29 is 4.79 Å². The number of hydrogen-bond acceptors (Lipinski definition) is 2. The molecule has 106 valence electrons. The molecule has 1 aromatic rings. The van der Waals surface area contributed by atoms with Crippen LogP contribution in [0.3, 0.4) is 0 Å². The van der Waals surface area contributed by atoms with Gasteiger partial charge in [-0.15, -0.1) is 0 Å². The van der Waals surface area contributed by atoms with Gasteiger partial charge in [0.05, 0.1) is 6.54 Å². The summed E-state index contributed by atoms with van der Waals surface area (Å²) in [6.07, 6.45) is 0. The molecule has 0 unspecified atom stereocenters. The van der Waals surface area contributed by atoms with Gasteiger partial charge < -0.3 is 10.2 Å². The molecule has 1 N–H and O–H groups in total. The van der Waals surface area contributed by atoms with Crippen LogP contribution < -0.4 is 10.2 Å². The highest BCUT2D eigenvalue weighted by Crippen LogP contribution is 2.27. The molecular formula is C16H26N2O. The first-order valence-electron chi connectivity index (χ1n) is 6.85. The van der Waals surface area contributed by atoms with Crippen molar-refractivity contribution in [2.75, 3.05) is 25.0 Å². The van der Waals surface area contributed by atoms with Crippen LogP contribution in [0.4, 0.5) is 5.69 Å². The van der Waals surface area contributed by atoms with Crippen LogP contribution in [0, 0.1) is 6.92 Å². The number of hydrogen-bond donors (Lipinski definition) is 1. The van der Waals surface area contributed by atoms with Crippen molar-refractivity contribution in [2.45, 2.75) is 40.0 Å². The van der Waals surface area contributed by atoms with Crippen molar-refractivity contribution in [2.24, 2.45) is 0 Å². The van der Waals surface area contributed by atoms with E-state index in [9.17, 15) is 4.79 Å². The predicted octanol–water partition coefficient (Wildman–Crippen LogP) is 2.86. The molecule has 3 nitrogen and oxygen atoms in total. The number of rotatable bonds is 4. The molecule has 3 heteroatoms. The molecule has 0 aliphatic heterocycles. The van der Waals surface area contributed by atoms with Crippen LogP contribution in [0.15, 0.2) is 18.2 Å². The highest BCUT2D eigenvalue weighted by atomic mass is 16.2. The zero-order valence-electron chi connectivity index (χ0n) is 13.0. The number of benzene rings is 1. The SMILES string of the molecule is CCNCC(=O)N(C)c1ccc(C(C)(C)C)cc1C. The van der Waals surface area contributed by atoms with Gasteiger partial charge in [-0.05, 0) is 36.1 Å². The van der Waals surface area contributed by atoms with E-state index >= 15 is 0 Å². The van der Waals surface area contributed by atoms with E-state index in [-0.39, 0.29) is 11.3 Å². The lowest BCUT2D eigenvalue weighted by molar-refractivity contribution is -0.117. The molecule has 0 radical (unpaired) electrons. The van der Waals surface area contributed by atoms with E-state index in [1.807, 2.05) is 20.0 Å². The number of nitrogens with one attached hydrogen (secondary N) is 1. The van der Waals surface area contributed by atoms with Crippen LogP contribution in [0.1, 0.15) is 38.8 Å². The molecule has 0 aliphatic rings. The predicted molar refractivity (Wildman–Crippen MR) is 81.8 cm³/mol. The van der Waals surface area contributed by atoms with Gasteiger partial charge in [0.15, 0.2) is 0 Å². The van der Waals surface area contributed by atoms with Crippen molar-refractivity contribution in [1.82, 2.24) is 5.32 Å². The Morgan fingerprint density at radius 1 is 1.32 bits per heavy atom. The minimum atomic E-state index is 0.0912. The molecule has 0 spiro atoms. The normalized spacial score (nSPS) is 11.5. The second kappa shape index (κ2) is 6.20. The minimum Gasteiger partial charge on any atom is -0.314 e. The number of anilines is 1. The quantitative estimate of drug-likeness (QED) is 0.905. The minimum absolute atomic E-state index is 0.0912. The summed E-state index contributed by atoms with van der Waals surface area (Å²) in [5.74, 6) is 0.0912. The van der Waals surface area contributed by atoms with Crippen molar-refractivity contribution in [3.63, 3.8) is 0 Å². The van der Waals surface area contributed by atoms with E-state index in [1.165, 1.54) is 5.56 Å². The van der Waals surface area contributed by atoms with Crippen LogP contribution in [0.2, 0.25) is 0 Å². The summed E-state index contributed by atoms with van der Waals surface area (Å²) < 4.78 is 0. The maximum absolute atomic E-state index is 12.0. The van der Waals surface area contributed by atoms with Gasteiger partial charge in [-0.2, -0.15) is 0 Å². The Kier molecular flexibility index (Phi) is 5.12. The molecule has 0 heterocycles. The van der Waals surface area contributed by atoms with Gasteiger partial charge in [-0.25, -0.2) is 0 Å². The van der Waals surface area contributed by atoms with E-state index in [2.05, 4.69) is 45.1 Å². The molecule has 0 saturated heterocycles. The summed E-state index contributed by atoms with van der Waals surface area (Å²) in [5.41, 5.74) is 3.55. The Balaban J connectivity index is 2.93. The first-order valence-corrected chi connectivity index (χ1v) is 6.85. The topological polar surface area (TPSA) is 32.3 Å². The molecule has 1 aromatic carbocycles.